The molecule has 1 aliphatic carbocycles. The molecule has 0 aromatic rings. The van der Waals surface area contributed by atoms with Crippen LogP contribution in [0.1, 0.15) is 32.1 Å². The van der Waals surface area contributed by atoms with Crippen LogP contribution in [0.2, 0.25) is 0 Å². The van der Waals surface area contributed by atoms with Gasteiger partial charge in [-0.2, -0.15) is 0 Å². The predicted octanol–water partition coefficient (Wildman–Crippen LogP) is 0.420. The highest BCUT2D eigenvalue weighted by molar-refractivity contribution is 5.56. The fourth-order valence-corrected chi connectivity index (χ4v) is 1.86. The van der Waals surface area contributed by atoms with Crippen molar-refractivity contribution < 1.29 is 4.79 Å². The molecule has 0 amide bonds. The van der Waals surface area contributed by atoms with Crippen molar-refractivity contribution in [1.82, 2.24) is 0 Å². The maximum absolute atomic E-state index is 10.3. The first-order chi connectivity index (χ1) is 5.72. The summed E-state index contributed by atoms with van der Waals surface area (Å²) in [5, 5.41) is 0. The first-order valence-corrected chi connectivity index (χ1v) is 4.69. The van der Waals surface area contributed by atoms with Gasteiger partial charge in [-0.05, 0) is 38.0 Å². The van der Waals surface area contributed by atoms with E-state index in [0.29, 0.717) is 12.0 Å². The molecule has 4 N–H and O–H groups in total. The average Bonchev–Trinajstić information content (AvgIpc) is 2.09. The van der Waals surface area contributed by atoms with Crippen LogP contribution >= 0.6 is 0 Å². The van der Waals surface area contributed by atoms with Gasteiger partial charge >= 0.3 is 0 Å². The lowest BCUT2D eigenvalue weighted by molar-refractivity contribution is -0.109. The van der Waals surface area contributed by atoms with Crippen LogP contribution in [0.15, 0.2) is 0 Å². The molecule has 0 spiro atoms. The zero-order chi connectivity index (χ0) is 8.97. The Hall–Kier alpha value is -0.410. The molecule has 1 aliphatic rings. The Morgan fingerprint density at radius 2 is 1.92 bits per heavy atom. The molecule has 0 bridgehead atoms. The van der Waals surface area contributed by atoms with Crippen molar-refractivity contribution in [2.75, 3.05) is 0 Å². The van der Waals surface area contributed by atoms with E-state index in [2.05, 4.69) is 0 Å². The fourth-order valence-electron chi connectivity index (χ4n) is 1.86. The van der Waals surface area contributed by atoms with Crippen molar-refractivity contribution in [3.8, 4) is 0 Å². The number of hydrogen-bond acceptors (Lipinski definition) is 3. The third-order valence-corrected chi connectivity index (χ3v) is 2.67. The Morgan fingerprint density at radius 1 is 1.33 bits per heavy atom. The van der Waals surface area contributed by atoms with Gasteiger partial charge in [-0.25, -0.2) is 0 Å². The van der Waals surface area contributed by atoms with Crippen molar-refractivity contribution in [2.24, 2.45) is 17.4 Å². The molecule has 0 unspecified atom stereocenters. The summed E-state index contributed by atoms with van der Waals surface area (Å²) >= 11 is 0. The molecule has 1 rings (SSSR count). The lowest BCUT2D eigenvalue weighted by Gasteiger charge is -2.26. The molecule has 0 saturated heterocycles. The molecule has 0 aliphatic heterocycles. The summed E-state index contributed by atoms with van der Waals surface area (Å²) in [5.74, 6) is 0.630. The van der Waals surface area contributed by atoms with Crippen LogP contribution in [0.3, 0.4) is 0 Å². The second kappa shape index (κ2) is 4.58. The van der Waals surface area contributed by atoms with Gasteiger partial charge in [0.05, 0.1) is 6.04 Å². The number of rotatable bonds is 3. The normalized spacial score (nSPS) is 32.8. The molecule has 1 fully saturated rings. The number of carbonyl (C=O) groups is 1. The summed E-state index contributed by atoms with van der Waals surface area (Å²) in [7, 11) is 0. The van der Waals surface area contributed by atoms with E-state index >= 15 is 0 Å². The molecule has 1 saturated carbocycles. The highest BCUT2D eigenvalue weighted by Crippen LogP contribution is 2.26. The highest BCUT2D eigenvalue weighted by atomic mass is 16.1. The second-order valence-electron chi connectivity index (χ2n) is 3.82. The average molecular weight is 170 g/mol. The molecule has 3 nitrogen and oxygen atoms in total. The molecule has 3 heteroatoms. The van der Waals surface area contributed by atoms with Crippen molar-refractivity contribution in [1.29, 1.82) is 0 Å². The van der Waals surface area contributed by atoms with E-state index in [4.69, 9.17) is 11.5 Å². The van der Waals surface area contributed by atoms with Crippen molar-refractivity contribution in [2.45, 2.75) is 44.2 Å². The second-order valence-corrected chi connectivity index (χ2v) is 3.82. The largest absolute Gasteiger partial charge is 0.328 e. The van der Waals surface area contributed by atoms with Crippen LogP contribution in [-0.2, 0) is 4.79 Å². The summed E-state index contributed by atoms with van der Waals surface area (Å²) in [4.78, 5) is 10.3. The van der Waals surface area contributed by atoms with Gasteiger partial charge in [-0.3, -0.25) is 0 Å². The van der Waals surface area contributed by atoms with E-state index in [1.165, 1.54) is 0 Å². The van der Waals surface area contributed by atoms with Crippen molar-refractivity contribution in [3.05, 3.63) is 0 Å². The molecule has 0 aromatic heterocycles. The van der Waals surface area contributed by atoms with E-state index in [9.17, 15) is 4.79 Å². The topological polar surface area (TPSA) is 69.1 Å². The van der Waals surface area contributed by atoms with E-state index in [1.807, 2.05) is 0 Å². The van der Waals surface area contributed by atoms with Crippen molar-refractivity contribution in [3.63, 3.8) is 0 Å². The van der Waals surface area contributed by atoms with E-state index in [0.717, 1.165) is 38.4 Å². The van der Waals surface area contributed by atoms with E-state index in [-0.39, 0.29) is 6.04 Å². The van der Waals surface area contributed by atoms with Crippen LogP contribution < -0.4 is 11.5 Å². The molecule has 1 atom stereocenters. The smallest absolute Gasteiger partial charge is 0.136 e. The Balaban J connectivity index is 2.21. The summed E-state index contributed by atoms with van der Waals surface area (Å²) in [6.45, 7) is 0. The molecule has 0 radical (unpaired) electrons. The standard InChI is InChI=1S/C9H18N2O/c10-8-3-1-7(2-4-8)5-9(11)6-12/h6-9H,1-5,10-11H2/t7-,8+,9-/m1/s1. The summed E-state index contributed by atoms with van der Waals surface area (Å²) in [6.07, 6.45) is 6.16. The van der Waals surface area contributed by atoms with Crippen LogP contribution in [0, 0.1) is 5.92 Å². The number of hydrogen-bond donors (Lipinski definition) is 2. The van der Waals surface area contributed by atoms with Gasteiger partial charge < -0.3 is 16.3 Å². The third-order valence-electron chi connectivity index (χ3n) is 2.67. The van der Waals surface area contributed by atoms with Gasteiger partial charge in [0, 0.05) is 6.04 Å². The predicted molar refractivity (Wildman–Crippen MR) is 48.6 cm³/mol. The zero-order valence-electron chi connectivity index (χ0n) is 7.41. The fraction of sp³-hybridized carbons (Fsp3) is 0.889. The van der Waals surface area contributed by atoms with Crippen LogP contribution in [0.25, 0.3) is 0 Å². The minimum atomic E-state index is -0.260. The molecule has 0 heterocycles. The minimum absolute atomic E-state index is 0.260. The van der Waals surface area contributed by atoms with E-state index < -0.39 is 0 Å². The van der Waals surface area contributed by atoms with Gasteiger partial charge in [-0.15, -0.1) is 0 Å². The van der Waals surface area contributed by atoms with Crippen LogP contribution in [0.5, 0.6) is 0 Å². The Labute approximate surface area is 73.5 Å². The summed E-state index contributed by atoms with van der Waals surface area (Å²) < 4.78 is 0. The molecule has 0 aromatic carbocycles. The molecular weight excluding hydrogens is 152 g/mol. The van der Waals surface area contributed by atoms with Gasteiger partial charge in [-0.1, -0.05) is 0 Å². The number of nitrogens with two attached hydrogens (primary N) is 2. The van der Waals surface area contributed by atoms with E-state index in [1.54, 1.807) is 0 Å². The monoisotopic (exact) mass is 170 g/mol. The van der Waals surface area contributed by atoms with Crippen LogP contribution in [0.4, 0.5) is 0 Å². The lowest BCUT2D eigenvalue weighted by Crippen LogP contribution is -2.31. The molecule has 70 valence electrons. The lowest BCUT2D eigenvalue weighted by atomic mass is 9.83. The summed E-state index contributed by atoms with van der Waals surface area (Å²) in [5.41, 5.74) is 11.3. The van der Waals surface area contributed by atoms with Gasteiger partial charge in [0.2, 0.25) is 0 Å². The Kier molecular flexibility index (Phi) is 3.69. The molecular formula is C9H18N2O. The van der Waals surface area contributed by atoms with Crippen molar-refractivity contribution >= 4 is 6.29 Å². The van der Waals surface area contributed by atoms with Gasteiger partial charge in [0.25, 0.3) is 0 Å². The maximum atomic E-state index is 10.3. The Bertz CT molecular complexity index is 141. The number of carbonyl (C=O) groups excluding carboxylic acids is 1. The molecule has 12 heavy (non-hydrogen) atoms. The van der Waals surface area contributed by atoms with Gasteiger partial charge in [0.1, 0.15) is 6.29 Å². The van der Waals surface area contributed by atoms with Gasteiger partial charge in [0.15, 0.2) is 0 Å². The first-order valence-electron chi connectivity index (χ1n) is 4.69. The maximum Gasteiger partial charge on any atom is 0.136 e. The minimum Gasteiger partial charge on any atom is -0.328 e. The SMILES string of the molecule is N[C@@H](C=O)C[C@H]1CC[C@@H](N)CC1. The third kappa shape index (κ3) is 2.91. The quantitative estimate of drug-likeness (QED) is 0.603. The highest BCUT2D eigenvalue weighted by Gasteiger charge is 2.19. The first kappa shape index (κ1) is 9.68. The van der Waals surface area contributed by atoms with Crippen LogP contribution in [-0.4, -0.2) is 18.4 Å². The number of aldehydes is 1. The Morgan fingerprint density at radius 3 is 2.42 bits per heavy atom. The summed E-state index contributed by atoms with van der Waals surface area (Å²) in [6, 6.07) is 0.123. The zero-order valence-corrected chi connectivity index (χ0v) is 7.41.